The van der Waals surface area contributed by atoms with E-state index in [4.69, 9.17) is 22.2 Å². The van der Waals surface area contributed by atoms with E-state index in [1.165, 1.54) is 27.8 Å². The zero-order chi connectivity index (χ0) is 21.8. The van der Waals surface area contributed by atoms with Crippen LogP contribution in [0.5, 0.6) is 5.75 Å². The number of benzene rings is 2. The van der Waals surface area contributed by atoms with E-state index in [0.29, 0.717) is 21.1 Å². The highest BCUT2D eigenvalue weighted by atomic mass is 35.5. The van der Waals surface area contributed by atoms with Gasteiger partial charge in [-0.3, -0.25) is 4.79 Å². The molecule has 0 unspecified atom stereocenters. The van der Waals surface area contributed by atoms with Crippen LogP contribution in [0.1, 0.15) is 0 Å². The fourth-order valence-corrected chi connectivity index (χ4v) is 4.20. The molecule has 0 aliphatic heterocycles. The number of amides is 1. The number of thioether (sulfide) groups is 1. The standard InChI is InChI=1S/C20H17ClN6O2S2/c1-29-15-8-4-12(5-9-15)16-10-30-19(23-16)24-17(28)11-31-20-26-25-18(27(20)22)13-2-6-14(21)7-3-13/h2-10H,11,22H2,1H3,(H,23,24,28). The van der Waals surface area contributed by atoms with Gasteiger partial charge in [0, 0.05) is 21.5 Å². The average Bonchev–Trinajstić information content (AvgIpc) is 3.39. The molecule has 11 heteroatoms. The number of nitrogens with zero attached hydrogens (tertiary/aromatic N) is 4. The van der Waals surface area contributed by atoms with Gasteiger partial charge in [0.25, 0.3) is 0 Å². The summed E-state index contributed by atoms with van der Waals surface area (Å²) in [7, 11) is 1.62. The quantitative estimate of drug-likeness (QED) is 0.307. The van der Waals surface area contributed by atoms with Gasteiger partial charge in [-0.05, 0) is 48.5 Å². The molecule has 0 atom stereocenters. The zero-order valence-corrected chi connectivity index (χ0v) is 18.7. The van der Waals surface area contributed by atoms with E-state index >= 15 is 0 Å². The summed E-state index contributed by atoms with van der Waals surface area (Å²) in [6.45, 7) is 0. The number of hydrogen-bond donors (Lipinski definition) is 2. The first-order chi connectivity index (χ1) is 15.0. The van der Waals surface area contributed by atoms with Crippen LogP contribution in [0.25, 0.3) is 22.6 Å². The minimum absolute atomic E-state index is 0.118. The van der Waals surface area contributed by atoms with Crippen molar-refractivity contribution in [2.45, 2.75) is 5.16 Å². The van der Waals surface area contributed by atoms with E-state index in [1.807, 2.05) is 29.6 Å². The van der Waals surface area contributed by atoms with Crippen molar-refractivity contribution in [3.05, 3.63) is 58.9 Å². The van der Waals surface area contributed by atoms with Crippen LogP contribution in [0.15, 0.2) is 59.1 Å². The molecule has 2 heterocycles. The van der Waals surface area contributed by atoms with Crippen molar-refractivity contribution in [3.63, 3.8) is 0 Å². The first-order valence-corrected chi connectivity index (χ1v) is 11.3. The van der Waals surface area contributed by atoms with Gasteiger partial charge in [0.1, 0.15) is 5.75 Å². The number of halogens is 1. The van der Waals surface area contributed by atoms with Crippen molar-refractivity contribution < 1.29 is 9.53 Å². The number of ether oxygens (including phenoxy) is 1. The Morgan fingerprint density at radius 1 is 1.16 bits per heavy atom. The molecule has 8 nitrogen and oxygen atoms in total. The summed E-state index contributed by atoms with van der Waals surface area (Å²) in [5.41, 5.74) is 2.51. The number of methoxy groups -OCH3 is 1. The number of carbonyl (C=O) groups excluding carboxylic acids is 1. The maximum absolute atomic E-state index is 12.3. The topological polar surface area (TPSA) is 108 Å². The molecule has 1 amide bonds. The van der Waals surface area contributed by atoms with E-state index in [1.54, 1.807) is 31.4 Å². The molecule has 0 radical (unpaired) electrons. The number of thiazole rings is 1. The smallest absolute Gasteiger partial charge is 0.236 e. The highest BCUT2D eigenvalue weighted by Gasteiger charge is 2.15. The van der Waals surface area contributed by atoms with Crippen LogP contribution in [0.3, 0.4) is 0 Å². The second-order valence-corrected chi connectivity index (χ2v) is 8.52. The van der Waals surface area contributed by atoms with Gasteiger partial charge in [0.05, 0.1) is 18.6 Å². The zero-order valence-electron chi connectivity index (χ0n) is 16.3. The fraction of sp³-hybridized carbons (Fsp3) is 0.100. The van der Waals surface area contributed by atoms with Gasteiger partial charge in [-0.1, -0.05) is 23.4 Å². The largest absolute Gasteiger partial charge is 0.497 e. The molecule has 0 aliphatic rings. The van der Waals surface area contributed by atoms with Crippen molar-refractivity contribution >= 4 is 45.7 Å². The Hall–Kier alpha value is -3.08. The predicted molar refractivity (Wildman–Crippen MR) is 124 cm³/mol. The van der Waals surface area contributed by atoms with Crippen LogP contribution in [0.2, 0.25) is 5.02 Å². The summed E-state index contributed by atoms with van der Waals surface area (Å²) in [6.07, 6.45) is 0. The van der Waals surface area contributed by atoms with Gasteiger partial charge < -0.3 is 15.9 Å². The first-order valence-electron chi connectivity index (χ1n) is 9.02. The molecule has 0 spiro atoms. The Bertz CT molecular complexity index is 1190. The number of carbonyl (C=O) groups is 1. The summed E-state index contributed by atoms with van der Waals surface area (Å²) in [5, 5.41) is 14.4. The van der Waals surface area contributed by atoms with Gasteiger partial charge >= 0.3 is 0 Å². The molecule has 31 heavy (non-hydrogen) atoms. The third-order valence-electron chi connectivity index (χ3n) is 4.24. The van der Waals surface area contributed by atoms with E-state index in [-0.39, 0.29) is 11.7 Å². The third-order valence-corrected chi connectivity index (χ3v) is 6.19. The molecular formula is C20H17ClN6O2S2. The number of rotatable bonds is 7. The van der Waals surface area contributed by atoms with Crippen molar-refractivity contribution in [3.8, 4) is 28.4 Å². The number of aromatic nitrogens is 4. The summed E-state index contributed by atoms with van der Waals surface area (Å²) >= 11 is 8.46. The summed E-state index contributed by atoms with van der Waals surface area (Å²) < 4.78 is 6.52. The normalized spacial score (nSPS) is 10.8. The average molecular weight is 473 g/mol. The minimum Gasteiger partial charge on any atom is -0.497 e. The molecule has 3 N–H and O–H groups in total. The van der Waals surface area contributed by atoms with Crippen molar-refractivity contribution in [2.75, 3.05) is 24.0 Å². The van der Waals surface area contributed by atoms with E-state index < -0.39 is 0 Å². The molecule has 0 saturated heterocycles. The maximum atomic E-state index is 12.3. The molecule has 0 bridgehead atoms. The summed E-state index contributed by atoms with van der Waals surface area (Å²) in [4.78, 5) is 16.8. The lowest BCUT2D eigenvalue weighted by atomic mass is 10.2. The molecule has 2 aromatic heterocycles. The van der Waals surface area contributed by atoms with Crippen LogP contribution in [-0.2, 0) is 4.79 Å². The number of hydrogen-bond acceptors (Lipinski definition) is 8. The molecule has 2 aromatic carbocycles. The molecular weight excluding hydrogens is 456 g/mol. The lowest BCUT2D eigenvalue weighted by molar-refractivity contribution is -0.113. The Kier molecular flexibility index (Phi) is 6.40. The Morgan fingerprint density at radius 2 is 1.87 bits per heavy atom. The molecule has 0 aliphatic carbocycles. The van der Waals surface area contributed by atoms with Crippen molar-refractivity contribution in [2.24, 2.45) is 0 Å². The van der Waals surface area contributed by atoms with Gasteiger partial charge in [0.15, 0.2) is 11.0 Å². The van der Waals surface area contributed by atoms with Crippen LogP contribution >= 0.6 is 34.7 Å². The van der Waals surface area contributed by atoms with Gasteiger partial charge in [0.2, 0.25) is 11.1 Å². The summed E-state index contributed by atoms with van der Waals surface area (Å²) in [5.74, 6) is 7.26. The molecule has 158 valence electrons. The fourth-order valence-electron chi connectivity index (χ4n) is 2.68. The second kappa shape index (κ2) is 9.38. The van der Waals surface area contributed by atoms with Crippen LogP contribution in [0, 0.1) is 0 Å². The molecule has 0 fully saturated rings. The van der Waals surface area contributed by atoms with E-state index in [2.05, 4.69) is 20.5 Å². The third kappa shape index (κ3) is 4.98. The highest BCUT2D eigenvalue weighted by molar-refractivity contribution is 7.99. The summed E-state index contributed by atoms with van der Waals surface area (Å²) in [6, 6.07) is 14.7. The minimum atomic E-state index is -0.211. The van der Waals surface area contributed by atoms with Gasteiger partial charge in [-0.15, -0.1) is 21.5 Å². The monoisotopic (exact) mass is 472 g/mol. The second-order valence-electron chi connectivity index (χ2n) is 6.29. The van der Waals surface area contributed by atoms with Crippen LogP contribution in [-0.4, -0.2) is 38.6 Å². The molecule has 4 rings (SSSR count). The molecule has 0 saturated carbocycles. The molecule has 4 aromatic rings. The number of anilines is 1. The number of nitrogens with one attached hydrogen (secondary N) is 1. The van der Waals surface area contributed by atoms with Crippen LogP contribution in [0.4, 0.5) is 5.13 Å². The lowest BCUT2D eigenvalue weighted by Gasteiger charge is -2.04. The Morgan fingerprint density at radius 3 is 2.58 bits per heavy atom. The Balaban J connectivity index is 1.36. The lowest BCUT2D eigenvalue weighted by Crippen LogP contribution is -2.16. The number of nitrogens with two attached hydrogens (primary N) is 1. The predicted octanol–water partition coefficient (Wildman–Crippen LogP) is 4.18. The van der Waals surface area contributed by atoms with E-state index in [9.17, 15) is 4.79 Å². The van der Waals surface area contributed by atoms with E-state index in [0.717, 1.165) is 22.6 Å². The number of nitrogen functional groups attached to an aromatic ring is 1. The first kappa shape index (κ1) is 21.2. The Labute approximate surface area is 191 Å². The SMILES string of the molecule is COc1ccc(-c2csc(NC(=O)CSc3nnc(-c4ccc(Cl)cc4)n3N)n2)cc1. The van der Waals surface area contributed by atoms with Crippen LogP contribution < -0.4 is 15.9 Å². The van der Waals surface area contributed by atoms with Crippen molar-refractivity contribution in [1.29, 1.82) is 0 Å². The highest BCUT2D eigenvalue weighted by Crippen LogP contribution is 2.27. The van der Waals surface area contributed by atoms with Crippen molar-refractivity contribution in [1.82, 2.24) is 19.9 Å². The van der Waals surface area contributed by atoms with Gasteiger partial charge in [-0.2, -0.15) is 0 Å². The van der Waals surface area contributed by atoms with Gasteiger partial charge in [-0.25, -0.2) is 9.66 Å². The maximum Gasteiger partial charge on any atom is 0.236 e.